The molecule has 2 aromatic rings. The average Bonchev–Trinajstić information content (AvgIpc) is 2.39. The highest BCUT2D eigenvalue weighted by molar-refractivity contribution is 5.87. The number of aromatic carboxylic acids is 1. The van der Waals surface area contributed by atoms with Crippen molar-refractivity contribution < 1.29 is 14.3 Å². The van der Waals surface area contributed by atoms with E-state index in [-0.39, 0.29) is 5.69 Å². The minimum atomic E-state index is -1.40. The van der Waals surface area contributed by atoms with Gasteiger partial charge in [0.15, 0.2) is 11.5 Å². The van der Waals surface area contributed by atoms with E-state index < -0.39 is 17.5 Å². The molecule has 0 fully saturated rings. The maximum atomic E-state index is 13.9. The topological polar surface area (TPSA) is 63.1 Å². The van der Waals surface area contributed by atoms with Gasteiger partial charge in [0.05, 0.1) is 0 Å². The zero-order chi connectivity index (χ0) is 13.1. The molecule has 0 spiro atoms. The third-order valence-corrected chi connectivity index (χ3v) is 2.63. The predicted octanol–water partition coefficient (Wildman–Crippen LogP) is 2.54. The first-order chi connectivity index (χ1) is 8.63. The quantitative estimate of drug-likeness (QED) is 0.903. The van der Waals surface area contributed by atoms with Crippen LogP contribution in [0.1, 0.15) is 23.0 Å². The Labute approximate surface area is 103 Å². The Hall–Kier alpha value is -2.30. The van der Waals surface area contributed by atoms with Crippen LogP contribution < -0.4 is 0 Å². The van der Waals surface area contributed by atoms with Crippen molar-refractivity contribution in [1.82, 2.24) is 9.97 Å². The lowest BCUT2D eigenvalue weighted by molar-refractivity contribution is 0.0684. The van der Waals surface area contributed by atoms with Gasteiger partial charge in [-0.15, -0.1) is 0 Å². The monoisotopic (exact) mass is 246 g/mol. The van der Waals surface area contributed by atoms with Crippen molar-refractivity contribution in [2.45, 2.75) is 13.3 Å². The molecule has 1 aromatic heterocycles. The van der Waals surface area contributed by atoms with Crippen molar-refractivity contribution in [3.05, 3.63) is 47.7 Å². The number of hydrogen-bond acceptors (Lipinski definition) is 3. The van der Waals surface area contributed by atoms with Crippen LogP contribution in [0.2, 0.25) is 0 Å². The van der Waals surface area contributed by atoms with Crippen molar-refractivity contribution in [2.24, 2.45) is 0 Å². The molecule has 1 N–H and O–H groups in total. The molecule has 0 aliphatic carbocycles. The lowest BCUT2D eigenvalue weighted by Gasteiger charge is -2.05. The van der Waals surface area contributed by atoms with Gasteiger partial charge < -0.3 is 5.11 Å². The summed E-state index contributed by atoms with van der Waals surface area (Å²) in [5.74, 6) is -2.31. The molecule has 0 radical (unpaired) electrons. The fourth-order valence-electron chi connectivity index (χ4n) is 1.62. The molecule has 1 heterocycles. The number of hydrogen-bond donors (Lipinski definition) is 1. The van der Waals surface area contributed by atoms with Crippen LogP contribution in [0.15, 0.2) is 30.6 Å². The molecular formula is C13H11FN2O2. The smallest absolute Gasteiger partial charge is 0.357 e. The van der Waals surface area contributed by atoms with Crippen molar-refractivity contribution in [3.63, 3.8) is 0 Å². The van der Waals surface area contributed by atoms with E-state index >= 15 is 0 Å². The molecule has 18 heavy (non-hydrogen) atoms. The number of carboxylic acid groups (broad SMARTS) is 1. The molecule has 0 unspecified atom stereocenters. The molecule has 0 saturated heterocycles. The highest BCUT2D eigenvalue weighted by Gasteiger charge is 2.17. The Balaban J connectivity index is 2.50. The molecule has 2 rings (SSSR count). The minimum Gasteiger partial charge on any atom is -0.476 e. The summed E-state index contributed by atoms with van der Waals surface area (Å²) in [4.78, 5) is 18.0. The second kappa shape index (κ2) is 4.91. The van der Waals surface area contributed by atoms with Crippen LogP contribution in [-0.4, -0.2) is 21.0 Å². The zero-order valence-corrected chi connectivity index (χ0v) is 9.72. The SMILES string of the molecule is CCc1ccc(-c2ncnc(C(=O)O)c2F)cc1. The van der Waals surface area contributed by atoms with E-state index in [1.165, 1.54) is 0 Å². The molecular weight excluding hydrogens is 235 g/mol. The summed E-state index contributed by atoms with van der Waals surface area (Å²) in [6.45, 7) is 2.02. The molecule has 4 nitrogen and oxygen atoms in total. The van der Waals surface area contributed by atoms with Gasteiger partial charge in [-0.1, -0.05) is 31.2 Å². The van der Waals surface area contributed by atoms with E-state index in [4.69, 9.17) is 5.11 Å². The Kier molecular flexibility index (Phi) is 3.32. The second-order valence-corrected chi connectivity index (χ2v) is 3.74. The summed E-state index contributed by atoms with van der Waals surface area (Å²) in [5.41, 5.74) is 1.05. The van der Waals surface area contributed by atoms with Gasteiger partial charge in [0.25, 0.3) is 0 Å². The number of aryl methyl sites for hydroxylation is 1. The summed E-state index contributed by atoms with van der Waals surface area (Å²) in [6, 6.07) is 7.15. The van der Waals surface area contributed by atoms with Crippen molar-refractivity contribution in [3.8, 4) is 11.3 Å². The third-order valence-electron chi connectivity index (χ3n) is 2.63. The summed E-state index contributed by atoms with van der Waals surface area (Å²) in [6.07, 6.45) is 1.93. The minimum absolute atomic E-state index is 0.00468. The largest absolute Gasteiger partial charge is 0.476 e. The van der Waals surface area contributed by atoms with Gasteiger partial charge in [0, 0.05) is 5.56 Å². The van der Waals surface area contributed by atoms with Crippen LogP contribution in [0.5, 0.6) is 0 Å². The first-order valence-electron chi connectivity index (χ1n) is 5.46. The highest BCUT2D eigenvalue weighted by Crippen LogP contribution is 2.22. The standard InChI is InChI=1S/C13H11FN2O2/c1-2-8-3-5-9(6-4-8)11-10(14)12(13(17)18)16-7-15-11/h3-7H,2H2,1H3,(H,17,18). The van der Waals surface area contributed by atoms with Crippen LogP contribution in [-0.2, 0) is 6.42 Å². The number of rotatable bonds is 3. The average molecular weight is 246 g/mol. The molecule has 0 aliphatic heterocycles. The second-order valence-electron chi connectivity index (χ2n) is 3.74. The van der Waals surface area contributed by atoms with Crippen molar-refractivity contribution in [2.75, 3.05) is 0 Å². The number of aromatic nitrogens is 2. The normalized spacial score (nSPS) is 10.3. The summed E-state index contributed by atoms with van der Waals surface area (Å²) >= 11 is 0. The summed E-state index contributed by atoms with van der Waals surface area (Å²) in [5, 5.41) is 8.79. The van der Waals surface area contributed by atoms with Gasteiger partial charge >= 0.3 is 5.97 Å². The Morgan fingerprint density at radius 1 is 1.28 bits per heavy atom. The number of halogens is 1. The maximum absolute atomic E-state index is 13.9. The van der Waals surface area contributed by atoms with Gasteiger partial charge in [-0.3, -0.25) is 0 Å². The zero-order valence-electron chi connectivity index (χ0n) is 9.72. The van der Waals surface area contributed by atoms with Gasteiger partial charge in [-0.05, 0) is 12.0 Å². The molecule has 0 amide bonds. The lowest BCUT2D eigenvalue weighted by Crippen LogP contribution is -2.06. The molecule has 0 bridgehead atoms. The van der Waals surface area contributed by atoms with E-state index in [2.05, 4.69) is 9.97 Å². The van der Waals surface area contributed by atoms with Crippen molar-refractivity contribution in [1.29, 1.82) is 0 Å². The van der Waals surface area contributed by atoms with Gasteiger partial charge in [-0.2, -0.15) is 0 Å². The third kappa shape index (κ3) is 2.20. The lowest BCUT2D eigenvalue weighted by atomic mass is 10.1. The Bertz CT molecular complexity index is 582. The predicted molar refractivity (Wildman–Crippen MR) is 63.8 cm³/mol. The maximum Gasteiger partial charge on any atom is 0.357 e. The highest BCUT2D eigenvalue weighted by atomic mass is 19.1. The molecule has 0 atom stereocenters. The van der Waals surface area contributed by atoms with Gasteiger partial charge in [-0.25, -0.2) is 19.2 Å². The summed E-state index contributed by atoms with van der Waals surface area (Å²) < 4.78 is 13.9. The molecule has 1 aromatic carbocycles. The van der Waals surface area contributed by atoms with E-state index in [0.29, 0.717) is 5.56 Å². The molecule has 0 saturated carbocycles. The number of carbonyl (C=O) groups is 1. The Morgan fingerprint density at radius 3 is 2.50 bits per heavy atom. The number of benzene rings is 1. The van der Waals surface area contributed by atoms with Crippen molar-refractivity contribution >= 4 is 5.97 Å². The first kappa shape index (κ1) is 12.2. The molecule has 0 aliphatic rings. The van der Waals surface area contributed by atoms with E-state index in [1.807, 2.05) is 19.1 Å². The van der Waals surface area contributed by atoms with Crippen LogP contribution in [0.3, 0.4) is 0 Å². The molecule has 92 valence electrons. The summed E-state index contributed by atoms with van der Waals surface area (Å²) in [7, 11) is 0. The first-order valence-corrected chi connectivity index (χ1v) is 5.46. The van der Waals surface area contributed by atoms with Crippen LogP contribution in [0.25, 0.3) is 11.3 Å². The van der Waals surface area contributed by atoms with E-state index in [0.717, 1.165) is 18.3 Å². The molecule has 5 heteroatoms. The number of carboxylic acids is 1. The fraction of sp³-hybridized carbons (Fsp3) is 0.154. The fourth-order valence-corrected chi connectivity index (χ4v) is 1.62. The van der Waals surface area contributed by atoms with E-state index in [9.17, 15) is 9.18 Å². The van der Waals surface area contributed by atoms with Crippen LogP contribution in [0, 0.1) is 5.82 Å². The van der Waals surface area contributed by atoms with Crippen LogP contribution >= 0.6 is 0 Å². The number of nitrogens with zero attached hydrogens (tertiary/aromatic N) is 2. The van der Waals surface area contributed by atoms with Gasteiger partial charge in [0.1, 0.15) is 12.0 Å². The van der Waals surface area contributed by atoms with Gasteiger partial charge in [0.2, 0.25) is 0 Å². The van der Waals surface area contributed by atoms with E-state index in [1.54, 1.807) is 12.1 Å². The van der Waals surface area contributed by atoms with Crippen LogP contribution in [0.4, 0.5) is 4.39 Å². The Morgan fingerprint density at radius 2 is 1.94 bits per heavy atom.